The lowest BCUT2D eigenvalue weighted by molar-refractivity contribution is -0.138. The molecule has 4 rings (SSSR count). The Morgan fingerprint density at radius 1 is 1.00 bits per heavy atom. The molecule has 0 spiro atoms. The highest BCUT2D eigenvalue weighted by Crippen LogP contribution is 2.44. The Morgan fingerprint density at radius 3 is 2.40 bits per heavy atom. The molecule has 1 saturated carbocycles. The van der Waals surface area contributed by atoms with Gasteiger partial charge in [0.2, 0.25) is 5.91 Å². The molecule has 1 aliphatic carbocycles. The smallest absolute Gasteiger partial charge is 0.312 e. The van der Waals surface area contributed by atoms with E-state index in [0.717, 1.165) is 24.1 Å². The van der Waals surface area contributed by atoms with Crippen LogP contribution in [-0.2, 0) is 9.59 Å². The molecule has 4 nitrogen and oxygen atoms in total. The summed E-state index contributed by atoms with van der Waals surface area (Å²) in [6.45, 7) is 0.252. The molecule has 1 aliphatic heterocycles. The first kappa shape index (κ1) is 15.9. The Bertz CT molecular complexity index is 796. The van der Waals surface area contributed by atoms with Crippen molar-refractivity contribution in [3.05, 3.63) is 65.7 Å². The summed E-state index contributed by atoms with van der Waals surface area (Å²) in [6.07, 6.45) is 2.57. The number of carboxylic acids is 1. The van der Waals surface area contributed by atoms with Crippen LogP contribution in [0.15, 0.2) is 54.6 Å². The maximum absolute atomic E-state index is 12.8. The number of hydrogen-bond acceptors (Lipinski definition) is 2. The van der Waals surface area contributed by atoms with Crippen molar-refractivity contribution in [2.75, 3.05) is 11.4 Å². The van der Waals surface area contributed by atoms with Gasteiger partial charge in [-0.3, -0.25) is 9.59 Å². The summed E-state index contributed by atoms with van der Waals surface area (Å²) in [5.41, 5.74) is 2.86. The average molecular weight is 335 g/mol. The molecule has 0 radical (unpaired) electrons. The van der Waals surface area contributed by atoms with E-state index in [1.807, 2.05) is 30.3 Å². The zero-order valence-corrected chi connectivity index (χ0v) is 14.0. The maximum Gasteiger partial charge on any atom is 0.312 e. The molecule has 1 atom stereocenters. The molecule has 128 valence electrons. The lowest BCUT2D eigenvalue weighted by Crippen LogP contribution is -2.35. The number of fused-ring (bicyclic) bond motifs is 1. The fraction of sp³-hybridized carbons (Fsp3) is 0.333. The van der Waals surface area contributed by atoms with Gasteiger partial charge in [0, 0.05) is 18.7 Å². The van der Waals surface area contributed by atoms with E-state index in [1.54, 1.807) is 4.90 Å². The van der Waals surface area contributed by atoms with E-state index < -0.39 is 11.9 Å². The van der Waals surface area contributed by atoms with Gasteiger partial charge in [0.05, 0.1) is 0 Å². The zero-order chi connectivity index (χ0) is 17.4. The number of amides is 1. The molecule has 1 amide bonds. The standard InChI is InChI=1S/C21H21NO3/c23-20(12-14-10-16(11-14)15-6-2-1-3-7-15)22-13-18(21(24)25)17-8-4-5-9-19(17)22/h1-9,14,16,18H,10-13H2,(H,24,25). The lowest BCUT2D eigenvalue weighted by Gasteiger charge is -2.36. The third kappa shape index (κ3) is 2.93. The highest BCUT2D eigenvalue weighted by Gasteiger charge is 2.38. The number of hydrogen-bond donors (Lipinski definition) is 1. The van der Waals surface area contributed by atoms with Gasteiger partial charge in [-0.1, -0.05) is 48.5 Å². The molecular formula is C21H21NO3. The van der Waals surface area contributed by atoms with Gasteiger partial charge >= 0.3 is 5.97 Å². The number of aliphatic carboxylic acids is 1. The Kier molecular flexibility index (Phi) is 4.04. The van der Waals surface area contributed by atoms with E-state index in [2.05, 4.69) is 24.3 Å². The summed E-state index contributed by atoms with van der Waals surface area (Å²) in [7, 11) is 0. The molecule has 1 N–H and O–H groups in total. The minimum absolute atomic E-state index is 0.0488. The number of carbonyl (C=O) groups excluding carboxylic acids is 1. The number of anilines is 1. The van der Waals surface area contributed by atoms with Crippen LogP contribution in [0.4, 0.5) is 5.69 Å². The maximum atomic E-state index is 12.8. The molecule has 0 aromatic heterocycles. The first-order valence-electron chi connectivity index (χ1n) is 8.80. The van der Waals surface area contributed by atoms with Crippen molar-refractivity contribution in [3.8, 4) is 0 Å². The molecule has 4 heteroatoms. The highest BCUT2D eigenvalue weighted by molar-refractivity contribution is 5.99. The van der Waals surface area contributed by atoms with E-state index in [9.17, 15) is 14.7 Å². The van der Waals surface area contributed by atoms with E-state index in [1.165, 1.54) is 5.56 Å². The molecule has 1 unspecified atom stereocenters. The second kappa shape index (κ2) is 6.36. The molecule has 0 bridgehead atoms. The topological polar surface area (TPSA) is 57.6 Å². The highest BCUT2D eigenvalue weighted by atomic mass is 16.4. The molecule has 2 aliphatic rings. The van der Waals surface area contributed by atoms with Crippen molar-refractivity contribution in [2.45, 2.75) is 31.1 Å². The van der Waals surface area contributed by atoms with E-state index >= 15 is 0 Å². The van der Waals surface area contributed by atoms with Crippen molar-refractivity contribution in [1.29, 1.82) is 0 Å². The second-order valence-corrected chi connectivity index (χ2v) is 7.10. The monoisotopic (exact) mass is 335 g/mol. The number of para-hydroxylation sites is 1. The fourth-order valence-corrected chi connectivity index (χ4v) is 4.11. The molecular weight excluding hydrogens is 314 g/mol. The number of carboxylic acid groups (broad SMARTS) is 1. The van der Waals surface area contributed by atoms with Gasteiger partial charge in [0.1, 0.15) is 5.92 Å². The molecule has 0 saturated heterocycles. The Morgan fingerprint density at radius 2 is 1.68 bits per heavy atom. The Labute approximate surface area is 147 Å². The second-order valence-electron chi connectivity index (χ2n) is 7.10. The number of nitrogens with zero attached hydrogens (tertiary/aromatic N) is 1. The summed E-state index contributed by atoms with van der Waals surface area (Å²) in [6, 6.07) is 17.8. The van der Waals surface area contributed by atoms with Gasteiger partial charge in [-0.2, -0.15) is 0 Å². The number of rotatable bonds is 4. The van der Waals surface area contributed by atoms with Crippen LogP contribution in [0.25, 0.3) is 0 Å². The molecule has 1 heterocycles. The normalized spacial score (nSPS) is 24.5. The van der Waals surface area contributed by atoms with Crippen molar-refractivity contribution >= 4 is 17.6 Å². The van der Waals surface area contributed by atoms with Crippen molar-refractivity contribution < 1.29 is 14.7 Å². The van der Waals surface area contributed by atoms with Crippen LogP contribution in [-0.4, -0.2) is 23.5 Å². The first-order valence-corrected chi connectivity index (χ1v) is 8.80. The summed E-state index contributed by atoms with van der Waals surface area (Å²) < 4.78 is 0. The van der Waals surface area contributed by atoms with Crippen LogP contribution in [0.3, 0.4) is 0 Å². The lowest BCUT2D eigenvalue weighted by atomic mass is 9.70. The quantitative estimate of drug-likeness (QED) is 0.925. The third-order valence-corrected chi connectivity index (χ3v) is 5.54. The summed E-state index contributed by atoms with van der Waals surface area (Å²) >= 11 is 0. The Balaban J connectivity index is 1.41. The molecule has 2 aromatic rings. The molecule has 25 heavy (non-hydrogen) atoms. The van der Waals surface area contributed by atoms with Gasteiger partial charge in [-0.05, 0) is 41.9 Å². The molecule has 2 aromatic carbocycles. The third-order valence-electron chi connectivity index (χ3n) is 5.54. The van der Waals surface area contributed by atoms with Gasteiger partial charge in [-0.25, -0.2) is 0 Å². The SMILES string of the molecule is O=C(O)C1CN(C(=O)CC2CC(c3ccccc3)C2)c2ccccc21. The predicted molar refractivity (Wildman–Crippen MR) is 95.7 cm³/mol. The summed E-state index contributed by atoms with van der Waals surface area (Å²) in [5, 5.41) is 9.42. The van der Waals surface area contributed by atoms with Crippen molar-refractivity contribution in [2.24, 2.45) is 5.92 Å². The van der Waals surface area contributed by atoms with Crippen molar-refractivity contribution in [3.63, 3.8) is 0 Å². The van der Waals surface area contributed by atoms with Gasteiger partial charge < -0.3 is 10.0 Å². The van der Waals surface area contributed by atoms with Crippen LogP contribution in [0, 0.1) is 5.92 Å². The van der Waals surface area contributed by atoms with Gasteiger partial charge in [0.25, 0.3) is 0 Å². The van der Waals surface area contributed by atoms with Gasteiger partial charge in [0.15, 0.2) is 0 Å². The fourth-order valence-electron chi connectivity index (χ4n) is 4.11. The minimum atomic E-state index is -0.865. The molecule has 1 fully saturated rings. The van der Waals surface area contributed by atoms with Gasteiger partial charge in [-0.15, -0.1) is 0 Å². The summed E-state index contributed by atoms with van der Waals surface area (Å²) in [4.78, 5) is 25.9. The predicted octanol–water partition coefficient (Wildman–Crippen LogP) is 3.79. The largest absolute Gasteiger partial charge is 0.481 e. The zero-order valence-electron chi connectivity index (χ0n) is 14.0. The van der Waals surface area contributed by atoms with E-state index in [-0.39, 0.29) is 12.5 Å². The van der Waals surface area contributed by atoms with E-state index in [4.69, 9.17) is 0 Å². The van der Waals surface area contributed by atoms with Crippen LogP contribution in [0.2, 0.25) is 0 Å². The van der Waals surface area contributed by atoms with Crippen LogP contribution >= 0.6 is 0 Å². The Hall–Kier alpha value is -2.62. The van der Waals surface area contributed by atoms with Crippen LogP contribution in [0.1, 0.15) is 42.2 Å². The van der Waals surface area contributed by atoms with E-state index in [0.29, 0.717) is 18.3 Å². The number of benzene rings is 2. The van der Waals surface area contributed by atoms with Crippen molar-refractivity contribution in [1.82, 2.24) is 0 Å². The summed E-state index contributed by atoms with van der Waals surface area (Å²) in [5.74, 6) is -0.479. The first-order chi connectivity index (χ1) is 12.1. The number of carbonyl (C=O) groups is 2. The van der Waals surface area contributed by atoms with Crippen LogP contribution < -0.4 is 4.90 Å². The van der Waals surface area contributed by atoms with Crippen LogP contribution in [0.5, 0.6) is 0 Å². The minimum Gasteiger partial charge on any atom is -0.481 e. The average Bonchev–Trinajstić information content (AvgIpc) is 2.98.